The summed E-state index contributed by atoms with van der Waals surface area (Å²) in [6.45, 7) is 5.58. The van der Waals surface area contributed by atoms with Crippen LogP contribution in [0.2, 0.25) is 0 Å². The molecule has 0 saturated heterocycles. The zero-order chi connectivity index (χ0) is 47.4. The first-order valence-electron chi connectivity index (χ1n) is 23.0. The summed E-state index contributed by atoms with van der Waals surface area (Å²) >= 11 is 0. The van der Waals surface area contributed by atoms with Gasteiger partial charge in [-0.15, -0.1) is 0 Å². The monoisotopic (exact) mass is 918 g/mol. The van der Waals surface area contributed by atoms with Crippen LogP contribution in [0.25, 0.3) is 22.3 Å². The van der Waals surface area contributed by atoms with Crippen molar-refractivity contribution in [3.63, 3.8) is 0 Å². The molecule has 0 aliphatic carbocycles. The Hall–Kier alpha value is -5.78. The lowest BCUT2D eigenvalue weighted by Gasteiger charge is -2.20. The molecule has 5 aromatic rings. The van der Waals surface area contributed by atoms with Gasteiger partial charge in [0.1, 0.15) is 23.0 Å². The Morgan fingerprint density at radius 3 is 0.970 bits per heavy atom. The molecule has 0 aliphatic heterocycles. The molecule has 0 fully saturated rings. The largest absolute Gasteiger partial charge is 0.494 e. The number of ether oxygens (including phenoxy) is 4. The molecule has 0 N–H and O–H groups in total. The summed E-state index contributed by atoms with van der Waals surface area (Å²) in [4.78, 5) is 25.6. The number of hydrogen-bond acceptors (Lipinski definition) is 6. The quantitative estimate of drug-likeness (QED) is 0.0238. The first-order chi connectivity index (χ1) is 31.7. The average molecular weight is 919 g/mol. The van der Waals surface area contributed by atoms with Gasteiger partial charge in [-0.05, 0) is 94.8 Å². The van der Waals surface area contributed by atoms with Crippen LogP contribution in [0.3, 0.4) is 0 Å². The molecular weight excluding hydrogens is 859 g/mol. The van der Waals surface area contributed by atoms with Crippen molar-refractivity contribution in [1.82, 2.24) is 0 Å². The lowest BCUT2D eigenvalue weighted by atomic mass is 9.93. The van der Waals surface area contributed by atoms with Crippen molar-refractivity contribution in [2.75, 3.05) is 13.2 Å². The standard InChI is InChI=1S/C54H60F6O6/c1-3-5-7-9-11-13-35-63-45-27-23-41(24-28-45)39-15-19-43(20-16-39)49(53(55,56)57)37-51(61)65-47-31-33-48(34-32-47)66-52(62)38-50(54(58,59)60)44-21-17-40(18-22-44)42-25-29-46(30-26-42)64-36-14-12-10-8-6-4-2/h15-34,49-50H,3-14,35-38H2,1-2H3/t49-,50-/m1/s1. The third kappa shape index (κ3) is 16.9. The zero-order valence-corrected chi connectivity index (χ0v) is 37.7. The summed E-state index contributed by atoms with van der Waals surface area (Å²) < 4.78 is 108. The van der Waals surface area contributed by atoms with Crippen molar-refractivity contribution in [3.8, 4) is 45.3 Å². The summed E-state index contributed by atoms with van der Waals surface area (Å²) in [7, 11) is 0. The molecule has 5 rings (SSSR count). The van der Waals surface area contributed by atoms with Crippen LogP contribution in [0.5, 0.6) is 23.0 Å². The molecule has 0 aliphatic rings. The minimum atomic E-state index is -4.77. The molecule has 0 heterocycles. The lowest BCUT2D eigenvalue weighted by molar-refractivity contribution is -0.162. The van der Waals surface area contributed by atoms with Gasteiger partial charge in [0.05, 0.1) is 37.9 Å². The van der Waals surface area contributed by atoms with E-state index >= 15 is 0 Å². The van der Waals surface area contributed by atoms with Gasteiger partial charge in [0.2, 0.25) is 0 Å². The lowest BCUT2D eigenvalue weighted by Crippen LogP contribution is -2.25. The minimum Gasteiger partial charge on any atom is -0.494 e. The van der Waals surface area contributed by atoms with Gasteiger partial charge in [0.25, 0.3) is 0 Å². The second kappa shape index (κ2) is 25.8. The van der Waals surface area contributed by atoms with Crippen molar-refractivity contribution >= 4 is 11.9 Å². The van der Waals surface area contributed by atoms with E-state index in [-0.39, 0.29) is 22.6 Å². The number of benzene rings is 5. The number of carbonyl (C=O) groups excluding carboxylic acids is 2. The Morgan fingerprint density at radius 2 is 0.667 bits per heavy atom. The van der Waals surface area contributed by atoms with Gasteiger partial charge in [0, 0.05) is 0 Å². The van der Waals surface area contributed by atoms with Crippen LogP contribution in [-0.2, 0) is 9.59 Å². The molecule has 0 saturated carbocycles. The highest BCUT2D eigenvalue weighted by molar-refractivity contribution is 5.75. The molecule has 66 heavy (non-hydrogen) atoms. The maximum Gasteiger partial charge on any atom is 0.396 e. The first-order valence-corrected chi connectivity index (χ1v) is 23.0. The van der Waals surface area contributed by atoms with E-state index in [0.717, 1.165) is 36.8 Å². The Labute approximate surface area is 384 Å². The van der Waals surface area contributed by atoms with Crippen molar-refractivity contribution < 1.29 is 54.9 Å². The summed E-state index contributed by atoms with van der Waals surface area (Å²) in [6.07, 6.45) is 2.29. The van der Waals surface area contributed by atoms with E-state index in [4.69, 9.17) is 18.9 Å². The van der Waals surface area contributed by atoms with Crippen LogP contribution in [-0.4, -0.2) is 37.5 Å². The van der Waals surface area contributed by atoms with Gasteiger partial charge in [-0.25, -0.2) is 0 Å². The van der Waals surface area contributed by atoms with Gasteiger partial charge in [-0.1, -0.05) is 151 Å². The van der Waals surface area contributed by atoms with Crippen LogP contribution in [0, 0.1) is 0 Å². The first kappa shape index (κ1) is 51.2. The van der Waals surface area contributed by atoms with Crippen molar-refractivity contribution in [2.45, 2.75) is 128 Å². The van der Waals surface area contributed by atoms with Crippen molar-refractivity contribution in [3.05, 3.63) is 132 Å². The summed E-state index contributed by atoms with van der Waals surface area (Å²) in [5.41, 5.74) is 2.72. The van der Waals surface area contributed by atoms with Crippen LogP contribution in [0.1, 0.15) is 127 Å². The SMILES string of the molecule is CCCCCCCCOc1ccc(-c2ccc([C@@H](CC(=O)Oc3ccc(OC(=O)C[C@H](c4ccc(-c5ccc(OCCCCCCCC)cc5)cc4)C(F)(F)F)cc3)C(F)(F)F)cc2)cc1. The maximum atomic E-state index is 14.3. The molecule has 6 nitrogen and oxygen atoms in total. The molecule has 2 atom stereocenters. The van der Waals surface area contributed by atoms with E-state index in [1.807, 2.05) is 48.5 Å². The highest BCUT2D eigenvalue weighted by Crippen LogP contribution is 2.40. The zero-order valence-electron chi connectivity index (χ0n) is 37.7. The molecule has 0 unspecified atom stereocenters. The summed E-state index contributed by atoms with van der Waals surface area (Å²) in [5.74, 6) is -5.48. The number of halogens is 6. The second-order valence-electron chi connectivity index (χ2n) is 16.5. The number of esters is 2. The van der Waals surface area contributed by atoms with Crippen LogP contribution in [0.15, 0.2) is 121 Å². The van der Waals surface area contributed by atoms with Crippen LogP contribution in [0.4, 0.5) is 26.3 Å². The smallest absolute Gasteiger partial charge is 0.396 e. The van der Waals surface area contributed by atoms with E-state index < -0.39 is 49.0 Å². The molecule has 5 aromatic carbocycles. The average Bonchev–Trinajstić information content (AvgIpc) is 3.30. The van der Waals surface area contributed by atoms with Gasteiger partial charge >= 0.3 is 24.3 Å². The molecule has 0 amide bonds. The molecule has 0 bridgehead atoms. The molecule has 0 aromatic heterocycles. The molecule has 0 spiro atoms. The number of hydrogen-bond donors (Lipinski definition) is 0. The van der Waals surface area contributed by atoms with E-state index in [1.165, 1.54) is 99.9 Å². The molecular formula is C54H60F6O6. The van der Waals surface area contributed by atoms with Gasteiger partial charge in [0.15, 0.2) is 0 Å². The minimum absolute atomic E-state index is 0.119. The Balaban J connectivity index is 1.10. The molecule has 12 heteroatoms. The van der Waals surface area contributed by atoms with Gasteiger partial charge in [-0.3, -0.25) is 9.59 Å². The topological polar surface area (TPSA) is 71.1 Å². The van der Waals surface area contributed by atoms with E-state index in [0.29, 0.717) is 35.8 Å². The third-order valence-electron chi connectivity index (χ3n) is 11.4. The molecule has 0 radical (unpaired) electrons. The highest BCUT2D eigenvalue weighted by atomic mass is 19.4. The van der Waals surface area contributed by atoms with E-state index in [1.54, 1.807) is 24.3 Å². The summed E-state index contributed by atoms with van der Waals surface area (Å²) in [5, 5.41) is 0. The fourth-order valence-corrected chi connectivity index (χ4v) is 7.55. The predicted molar refractivity (Wildman–Crippen MR) is 246 cm³/mol. The normalized spacial score (nSPS) is 12.6. The maximum absolute atomic E-state index is 14.3. The second-order valence-corrected chi connectivity index (χ2v) is 16.5. The molecule has 354 valence electrons. The number of rotatable bonds is 26. The fourth-order valence-electron chi connectivity index (χ4n) is 7.55. The predicted octanol–water partition coefficient (Wildman–Crippen LogP) is 15.8. The van der Waals surface area contributed by atoms with E-state index in [9.17, 15) is 35.9 Å². The number of alkyl halides is 6. The number of carbonyl (C=O) groups is 2. The Morgan fingerprint density at radius 1 is 0.394 bits per heavy atom. The Kier molecular flexibility index (Phi) is 20.0. The fraction of sp³-hybridized carbons (Fsp3) is 0.407. The van der Waals surface area contributed by atoms with E-state index in [2.05, 4.69) is 13.8 Å². The van der Waals surface area contributed by atoms with Gasteiger partial charge in [-0.2, -0.15) is 26.3 Å². The van der Waals surface area contributed by atoms with Crippen molar-refractivity contribution in [2.24, 2.45) is 0 Å². The summed E-state index contributed by atoms with van der Waals surface area (Å²) in [6, 6.07) is 30.9. The van der Waals surface area contributed by atoms with Gasteiger partial charge < -0.3 is 18.9 Å². The van der Waals surface area contributed by atoms with Crippen LogP contribution >= 0.6 is 0 Å². The third-order valence-corrected chi connectivity index (χ3v) is 11.4. The van der Waals surface area contributed by atoms with Crippen LogP contribution < -0.4 is 18.9 Å². The van der Waals surface area contributed by atoms with Crippen molar-refractivity contribution in [1.29, 1.82) is 0 Å². The Bertz CT molecular complexity index is 2030. The highest BCUT2D eigenvalue weighted by Gasteiger charge is 2.43. The number of unbranched alkanes of at least 4 members (excludes halogenated alkanes) is 10.